The van der Waals surface area contributed by atoms with Gasteiger partial charge in [0.05, 0.1) is 17.5 Å². The van der Waals surface area contributed by atoms with Crippen LogP contribution in [0.25, 0.3) is 16.8 Å². The topological polar surface area (TPSA) is 23.8 Å². The fraction of sp³-hybridized carbons (Fsp3) is 0.316. The Morgan fingerprint density at radius 3 is 2.74 bits per heavy atom. The number of nitrogens with zero attached hydrogens (tertiary/aromatic N) is 4. The van der Waals surface area contributed by atoms with E-state index in [-0.39, 0.29) is 0 Å². The number of piperazine rings is 1. The molecular formula is C19H22N4. The summed E-state index contributed by atoms with van der Waals surface area (Å²) in [4.78, 5) is 9.53. The summed E-state index contributed by atoms with van der Waals surface area (Å²) < 4.78 is 2.07. The van der Waals surface area contributed by atoms with E-state index in [1.165, 1.54) is 11.1 Å². The van der Waals surface area contributed by atoms with E-state index in [2.05, 4.69) is 62.6 Å². The summed E-state index contributed by atoms with van der Waals surface area (Å²) in [6, 6.07) is 15.0. The molecule has 4 rings (SSSR count). The molecule has 4 heteroatoms. The van der Waals surface area contributed by atoms with Crippen LogP contribution in [0.3, 0.4) is 0 Å². The largest absolute Gasteiger partial charge is 0.306 e. The second-order valence-electron chi connectivity index (χ2n) is 6.37. The van der Waals surface area contributed by atoms with Crippen LogP contribution in [0.1, 0.15) is 5.56 Å². The predicted molar refractivity (Wildman–Crippen MR) is 93.4 cm³/mol. The van der Waals surface area contributed by atoms with Crippen molar-refractivity contribution in [2.45, 2.75) is 6.54 Å². The Morgan fingerprint density at radius 1 is 1.00 bits per heavy atom. The minimum atomic E-state index is 1.02. The minimum absolute atomic E-state index is 1.02. The van der Waals surface area contributed by atoms with Crippen LogP contribution in [0, 0.1) is 0 Å². The van der Waals surface area contributed by atoms with Gasteiger partial charge in [-0.2, -0.15) is 0 Å². The maximum absolute atomic E-state index is 4.61. The van der Waals surface area contributed by atoms with E-state index in [1.807, 2.05) is 18.6 Å². The SMILES string of the molecule is CN1CCN(Cc2cccc(-c3ncn4ccccc34)c2)CC1. The van der Waals surface area contributed by atoms with Crippen LogP contribution in [0.2, 0.25) is 0 Å². The second kappa shape index (κ2) is 6.14. The van der Waals surface area contributed by atoms with Crippen LogP contribution < -0.4 is 0 Å². The van der Waals surface area contributed by atoms with Gasteiger partial charge in [-0.1, -0.05) is 24.3 Å². The first-order valence-electron chi connectivity index (χ1n) is 8.21. The van der Waals surface area contributed by atoms with Crippen LogP contribution in [0.5, 0.6) is 0 Å². The van der Waals surface area contributed by atoms with Crippen LogP contribution >= 0.6 is 0 Å². The van der Waals surface area contributed by atoms with E-state index < -0.39 is 0 Å². The lowest BCUT2D eigenvalue weighted by Gasteiger charge is -2.32. The summed E-state index contributed by atoms with van der Waals surface area (Å²) in [5.41, 5.74) is 4.78. The first-order chi connectivity index (χ1) is 11.3. The number of likely N-dealkylation sites (N-methyl/N-ethyl adjacent to an activating group) is 1. The molecule has 0 N–H and O–H groups in total. The molecule has 0 atom stereocenters. The Bertz CT molecular complexity index is 800. The van der Waals surface area contributed by atoms with Crippen molar-refractivity contribution in [3.63, 3.8) is 0 Å². The molecule has 118 valence electrons. The normalized spacial score (nSPS) is 16.9. The lowest BCUT2D eigenvalue weighted by atomic mass is 10.1. The van der Waals surface area contributed by atoms with Gasteiger partial charge in [-0.05, 0) is 30.8 Å². The van der Waals surface area contributed by atoms with Crippen molar-refractivity contribution in [3.8, 4) is 11.3 Å². The highest BCUT2D eigenvalue weighted by Gasteiger charge is 2.14. The molecule has 0 amide bonds. The van der Waals surface area contributed by atoms with E-state index in [0.717, 1.165) is 43.9 Å². The molecule has 1 aliphatic heterocycles. The molecule has 1 aliphatic rings. The van der Waals surface area contributed by atoms with Gasteiger partial charge in [0, 0.05) is 44.5 Å². The van der Waals surface area contributed by atoms with Crippen molar-refractivity contribution in [2.24, 2.45) is 0 Å². The van der Waals surface area contributed by atoms with Gasteiger partial charge in [-0.3, -0.25) is 4.90 Å². The highest BCUT2D eigenvalue weighted by molar-refractivity contribution is 5.77. The van der Waals surface area contributed by atoms with Crippen LogP contribution in [0.4, 0.5) is 0 Å². The second-order valence-corrected chi connectivity index (χ2v) is 6.37. The van der Waals surface area contributed by atoms with Gasteiger partial charge in [0.25, 0.3) is 0 Å². The van der Waals surface area contributed by atoms with Crippen molar-refractivity contribution in [3.05, 3.63) is 60.6 Å². The zero-order valence-corrected chi connectivity index (χ0v) is 13.5. The summed E-state index contributed by atoms with van der Waals surface area (Å²) in [5, 5.41) is 0. The summed E-state index contributed by atoms with van der Waals surface area (Å²) in [6.07, 6.45) is 3.93. The fourth-order valence-electron chi connectivity index (χ4n) is 3.25. The fourth-order valence-corrected chi connectivity index (χ4v) is 3.25. The van der Waals surface area contributed by atoms with Crippen molar-refractivity contribution in [1.82, 2.24) is 19.2 Å². The number of pyridine rings is 1. The molecule has 1 aromatic carbocycles. The van der Waals surface area contributed by atoms with Crippen molar-refractivity contribution < 1.29 is 0 Å². The number of benzene rings is 1. The number of hydrogen-bond acceptors (Lipinski definition) is 3. The molecule has 0 spiro atoms. The van der Waals surface area contributed by atoms with Crippen molar-refractivity contribution >= 4 is 5.52 Å². The number of aromatic nitrogens is 2. The van der Waals surface area contributed by atoms with Gasteiger partial charge in [0.15, 0.2) is 0 Å². The van der Waals surface area contributed by atoms with Crippen LogP contribution in [0.15, 0.2) is 55.0 Å². The highest BCUT2D eigenvalue weighted by atomic mass is 15.2. The lowest BCUT2D eigenvalue weighted by molar-refractivity contribution is 0.148. The molecule has 23 heavy (non-hydrogen) atoms. The Hall–Kier alpha value is -2.17. The summed E-state index contributed by atoms with van der Waals surface area (Å²) in [6.45, 7) is 5.63. The summed E-state index contributed by atoms with van der Waals surface area (Å²) in [5.74, 6) is 0. The van der Waals surface area contributed by atoms with Crippen LogP contribution in [-0.4, -0.2) is 52.4 Å². The zero-order valence-electron chi connectivity index (χ0n) is 13.5. The smallest absolute Gasteiger partial charge is 0.0999 e. The van der Waals surface area contributed by atoms with E-state index in [0.29, 0.717) is 0 Å². The lowest BCUT2D eigenvalue weighted by Crippen LogP contribution is -2.43. The number of hydrogen-bond donors (Lipinski definition) is 0. The van der Waals surface area contributed by atoms with E-state index in [1.54, 1.807) is 0 Å². The number of imidazole rings is 1. The maximum Gasteiger partial charge on any atom is 0.0999 e. The molecule has 2 aromatic heterocycles. The molecule has 3 heterocycles. The van der Waals surface area contributed by atoms with Crippen LogP contribution in [-0.2, 0) is 6.54 Å². The van der Waals surface area contributed by atoms with E-state index in [4.69, 9.17) is 0 Å². The maximum atomic E-state index is 4.61. The van der Waals surface area contributed by atoms with Gasteiger partial charge in [0.1, 0.15) is 0 Å². The van der Waals surface area contributed by atoms with Gasteiger partial charge < -0.3 is 9.30 Å². The molecule has 4 nitrogen and oxygen atoms in total. The number of rotatable bonds is 3. The molecule has 0 bridgehead atoms. The molecule has 1 saturated heterocycles. The first kappa shape index (κ1) is 14.4. The van der Waals surface area contributed by atoms with E-state index in [9.17, 15) is 0 Å². The van der Waals surface area contributed by atoms with Crippen molar-refractivity contribution in [2.75, 3.05) is 33.2 Å². The summed E-state index contributed by atoms with van der Waals surface area (Å²) in [7, 11) is 2.20. The van der Waals surface area contributed by atoms with E-state index >= 15 is 0 Å². The monoisotopic (exact) mass is 306 g/mol. The predicted octanol–water partition coefficient (Wildman–Crippen LogP) is 2.75. The molecule has 0 unspecified atom stereocenters. The van der Waals surface area contributed by atoms with Crippen molar-refractivity contribution in [1.29, 1.82) is 0 Å². The summed E-state index contributed by atoms with van der Waals surface area (Å²) >= 11 is 0. The van der Waals surface area contributed by atoms with Gasteiger partial charge >= 0.3 is 0 Å². The average Bonchev–Trinajstić information content (AvgIpc) is 3.01. The third-order valence-electron chi connectivity index (χ3n) is 4.65. The standard InChI is InChI=1S/C19H22N4/c1-21-9-11-22(12-10-21)14-16-5-4-6-17(13-16)19-18-7-2-3-8-23(18)15-20-19/h2-8,13,15H,9-12,14H2,1H3. The average molecular weight is 306 g/mol. The molecule has 3 aromatic rings. The number of fused-ring (bicyclic) bond motifs is 1. The zero-order chi connectivity index (χ0) is 15.6. The Kier molecular flexibility index (Phi) is 3.85. The van der Waals surface area contributed by atoms with Gasteiger partial charge in [-0.25, -0.2) is 4.98 Å². The molecular weight excluding hydrogens is 284 g/mol. The Morgan fingerprint density at radius 2 is 1.87 bits per heavy atom. The Balaban J connectivity index is 1.59. The quantitative estimate of drug-likeness (QED) is 0.743. The molecule has 0 aliphatic carbocycles. The minimum Gasteiger partial charge on any atom is -0.306 e. The third kappa shape index (κ3) is 3.00. The molecule has 1 fully saturated rings. The van der Waals surface area contributed by atoms with Gasteiger partial charge in [0.2, 0.25) is 0 Å². The van der Waals surface area contributed by atoms with Gasteiger partial charge in [-0.15, -0.1) is 0 Å². The highest BCUT2D eigenvalue weighted by Crippen LogP contribution is 2.24. The third-order valence-corrected chi connectivity index (χ3v) is 4.65. The molecule has 0 saturated carbocycles. The Labute approximate surface area is 137 Å². The molecule has 0 radical (unpaired) electrons. The first-order valence-corrected chi connectivity index (χ1v) is 8.21.